The fourth-order valence-electron chi connectivity index (χ4n) is 1.73. The summed E-state index contributed by atoms with van der Waals surface area (Å²) >= 11 is 0. The summed E-state index contributed by atoms with van der Waals surface area (Å²) in [6.07, 6.45) is -3.00. The van der Waals surface area contributed by atoms with Crippen LogP contribution < -0.4 is 5.73 Å². The van der Waals surface area contributed by atoms with E-state index in [0.29, 0.717) is 6.08 Å². The number of carbonyl (C=O) groups excluding carboxylic acids is 2. The van der Waals surface area contributed by atoms with Crippen LogP contribution in [-0.2, 0) is 14.3 Å². The maximum absolute atomic E-state index is 12.7. The van der Waals surface area contributed by atoms with Gasteiger partial charge < -0.3 is 10.5 Å². The average Bonchev–Trinajstić information content (AvgIpc) is 2.26. The van der Waals surface area contributed by atoms with Crippen LogP contribution in [0.25, 0.3) is 0 Å². The zero-order chi connectivity index (χ0) is 14.1. The highest BCUT2D eigenvalue weighted by Crippen LogP contribution is 2.38. The molecular weight excluding hydrogens is 251 g/mol. The molecule has 2 atom stereocenters. The molecule has 4 nitrogen and oxygen atoms in total. The standard InChI is InChI=1S/C11H12F3NO3/c1-5(16)6-3-7(10(17)18-2)9(15)4-8(6)11(12,13)14/h3-4,6,8H,15H2,1-2H3. The topological polar surface area (TPSA) is 69.4 Å². The second kappa shape index (κ2) is 4.83. The molecule has 1 aliphatic rings. The van der Waals surface area contributed by atoms with Gasteiger partial charge in [0.1, 0.15) is 5.78 Å². The summed E-state index contributed by atoms with van der Waals surface area (Å²) in [7, 11) is 1.08. The summed E-state index contributed by atoms with van der Waals surface area (Å²) < 4.78 is 42.6. The Balaban J connectivity index is 3.21. The van der Waals surface area contributed by atoms with Crippen molar-refractivity contribution < 1.29 is 27.5 Å². The van der Waals surface area contributed by atoms with Gasteiger partial charge in [0.2, 0.25) is 0 Å². The van der Waals surface area contributed by atoms with E-state index in [1.807, 2.05) is 0 Å². The lowest BCUT2D eigenvalue weighted by atomic mass is 9.81. The van der Waals surface area contributed by atoms with Gasteiger partial charge in [-0.15, -0.1) is 0 Å². The van der Waals surface area contributed by atoms with E-state index in [9.17, 15) is 22.8 Å². The van der Waals surface area contributed by atoms with Crippen molar-refractivity contribution in [1.82, 2.24) is 0 Å². The lowest BCUT2D eigenvalue weighted by Gasteiger charge is -2.27. The second-order valence-electron chi connectivity index (χ2n) is 3.90. The van der Waals surface area contributed by atoms with Gasteiger partial charge >= 0.3 is 12.1 Å². The SMILES string of the molecule is COC(=O)C1=CC(C(C)=O)C(C(F)(F)F)C=C1N. The number of esters is 1. The molecule has 0 heterocycles. The van der Waals surface area contributed by atoms with Gasteiger partial charge in [-0.1, -0.05) is 6.08 Å². The monoisotopic (exact) mass is 263 g/mol. The van der Waals surface area contributed by atoms with Crippen molar-refractivity contribution >= 4 is 11.8 Å². The maximum atomic E-state index is 12.7. The number of hydrogen-bond acceptors (Lipinski definition) is 4. The highest BCUT2D eigenvalue weighted by molar-refractivity contribution is 5.95. The Bertz CT molecular complexity index is 437. The number of rotatable bonds is 2. The highest BCUT2D eigenvalue weighted by Gasteiger charge is 2.46. The van der Waals surface area contributed by atoms with E-state index >= 15 is 0 Å². The molecule has 0 fully saturated rings. The molecule has 2 unspecified atom stereocenters. The molecule has 0 aromatic heterocycles. The number of hydrogen-bond donors (Lipinski definition) is 1. The fraction of sp³-hybridized carbons (Fsp3) is 0.455. The fourth-order valence-corrected chi connectivity index (χ4v) is 1.73. The molecule has 0 saturated heterocycles. The molecule has 18 heavy (non-hydrogen) atoms. The van der Waals surface area contributed by atoms with E-state index in [1.165, 1.54) is 0 Å². The van der Waals surface area contributed by atoms with Crippen molar-refractivity contribution in [1.29, 1.82) is 0 Å². The molecule has 1 rings (SSSR count). The number of carbonyl (C=O) groups is 2. The molecule has 0 aliphatic heterocycles. The Morgan fingerprint density at radius 1 is 1.33 bits per heavy atom. The third-order valence-electron chi connectivity index (χ3n) is 2.66. The van der Waals surface area contributed by atoms with Crippen LogP contribution in [0.3, 0.4) is 0 Å². The lowest BCUT2D eigenvalue weighted by molar-refractivity contribution is -0.174. The van der Waals surface area contributed by atoms with E-state index in [1.54, 1.807) is 0 Å². The average molecular weight is 263 g/mol. The van der Waals surface area contributed by atoms with Gasteiger partial charge in [-0.2, -0.15) is 13.2 Å². The molecule has 1 aliphatic carbocycles. The van der Waals surface area contributed by atoms with Crippen LogP contribution in [0.2, 0.25) is 0 Å². The number of nitrogens with two attached hydrogens (primary N) is 1. The molecule has 0 spiro atoms. The quantitative estimate of drug-likeness (QED) is 0.763. The van der Waals surface area contributed by atoms with E-state index in [0.717, 1.165) is 20.1 Å². The van der Waals surface area contributed by atoms with Gasteiger partial charge in [0.05, 0.1) is 24.5 Å². The van der Waals surface area contributed by atoms with E-state index in [-0.39, 0.29) is 11.3 Å². The van der Waals surface area contributed by atoms with E-state index in [2.05, 4.69) is 4.74 Å². The molecule has 0 saturated carbocycles. The van der Waals surface area contributed by atoms with Crippen molar-refractivity contribution in [3.8, 4) is 0 Å². The highest BCUT2D eigenvalue weighted by atomic mass is 19.4. The Labute approximate surface area is 101 Å². The summed E-state index contributed by atoms with van der Waals surface area (Å²) in [5.74, 6) is -5.02. The van der Waals surface area contributed by atoms with Crippen LogP contribution in [-0.4, -0.2) is 25.0 Å². The first-order valence-corrected chi connectivity index (χ1v) is 5.03. The minimum Gasteiger partial charge on any atom is -0.465 e. The molecule has 2 N–H and O–H groups in total. The molecule has 0 bridgehead atoms. The minimum absolute atomic E-state index is 0.210. The number of allylic oxidation sites excluding steroid dienone is 2. The number of alkyl halides is 3. The van der Waals surface area contributed by atoms with Crippen LogP contribution >= 0.6 is 0 Å². The summed E-state index contributed by atoms with van der Waals surface area (Å²) in [4.78, 5) is 22.6. The van der Waals surface area contributed by atoms with Crippen LogP contribution in [0.4, 0.5) is 13.2 Å². The summed E-state index contributed by atoms with van der Waals surface area (Å²) in [6.45, 7) is 1.03. The number of halogens is 3. The van der Waals surface area contributed by atoms with Crippen molar-refractivity contribution in [3.05, 3.63) is 23.4 Å². The normalized spacial score (nSPS) is 24.1. The third-order valence-corrected chi connectivity index (χ3v) is 2.66. The van der Waals surface area contributed by atoms with Crippen LogP contribution in [0.15, 0.2) is 23.4 Å². The minimum atomic E-state index is -4.60. The van der Waals surface area contributed by atoms with Crippen molar-refractivity contribution in [2.24, 2.45) is 17.6 Å². The van der Waals surface area contributed by atoms with Crippen molar-refractivity contribution in [2.45, 2.75) is 13.1 Å². The predicted molar refractivity (Wildman–Crippen MR) is 56.1 cm³/mol. The first-order valence-electron chi connectivity index (χ1n) is 5.03. The Kier molecular flexibility index (Phi) is 3.83. The van der Waals surface area contributed by atoms with E-state index < -0.39 is 29.8 Å². The molecule has 0 aromatic carbocycles. The molecule has 0 radical (unpaired) electrons. The van der Waals surface area contributed by atoms with Gasteiger partial charge in [-0.3, -0.25) is 4.79 Å². The summed E-state index contributed by atoms with van der Waals surface area (Å²) in [5.41, 5.74) is 4.84. The zero-order valence-corrected chi connectivity index (χ0v) is 9.75. The number of Topliss-reactive ketones (excluding diaryl/α,β-unsaturated/α-hetero) is 1. The van der Waals surface area contributed by atoms with Gasteiger partial charge in [0.15, 0.2) is 0 Å². The van der Waals surface area contributed by atoms with Gasteiger partial charge in [0.25, 0.3) is 0 Å². The van der Waals surface area contributed by atoms with Crippen molar-refractivity contribution in [2.75, 3.05) is 7.11 Å². The third kappa shape index (κ3) is 2.72. The Morgan fingerprint density at radius 3 is 2.28 bits per heavy atom. The van der Waals surface area contributed by atoms with Gasteiger partial charge in [-0.05, 0) is 13.0 Å². The summed E-state index contributed by atoms with van der Waals surface area (Å²) in [5, 5.41) is 0. The molecule has 0 amide bonds. The molecular formula is C11H12F3NO3. The van der Waals surface area contributed by atoms with E-state index in [4.69, 9.17) is 5.73 Å². The van der Waals surface area contributed by atoms with Crippen LogP contribution in [0.5, 0.6) is 0 Å². The van der Waals surface area contributed by atoms with Crippen LogP contribution in [0.1, 0.15) is 6.92 Å². The predicted octanol–water partition coefficient (Wildman–Crippen LogP) is 1.33. The number of ether oxygens (including phenoxy) is 1. The zero-order valence-electron chi connectivity index (χ0n) is 9.75. The van der Waals surface area contributed by atoms with Crippen molar-refractivity contribution in [3.63, 3.8) is 0 Å². The van der Waals surface area contributed by atoms with Gasteiger partial charge in [-0.25, -0.2) is 4.79 Å². The lowest BCUT2D eigenvalue weighted by Crippen LogP contribution is -2.36. The van der Waals surface area contributed by atoms with Gasteiger partial charge in [0, 0.05) is 5.70 Å². The Hall–Kier alpha value is -1.79. The maximum Gasteiger partial charge on any atom is 0.396 e. The van der Waals surface area contributed by atoms with Crippen LogP contribution in [0, 0.1) is 11.8 Å². The molecule has 100 valence electrons. The first-order chi connectivity index (χ1) is 8.18. The largest absolute Gasteiger partial charge is 0.465 e. The summed E-state index contributed by atoms with van der Waals surface area (Å²) in [6, 6.07) is 0. The first kappa shape index (κ1) is 14.3. The molecule has 7 heteroatoms. The smallest absolute Gasteiger partial charge is 0.396 e. The number of ketones is 1. The number of methoxy groups -OCH3 is 1. The Morgan fingerprint density at radius 2 is 1.89 bits per heavy atom. The second-order valence-corrected chi connectivity index (χ2v) is 3.90. The molecule has 0 aromatic rings.